The summed E-state index contributed by atoms with van der Waals surface area (Å²) < 4.78 is 0. The molecule has 0 radical (unpaired) electrons. The fraction of sp³-hybridized carbons (Fsp3) is 0.727. The van der Waals surface area contributed by atoms with Gasteiger partial charge in [0.15, 0.2) is 0 Å². The van der Waals surface area contributed by atoms with Gasteiger partial charge in [0.05, 0.1) is 0 Å². The molecule has 1 aliphatic rings. The van der Waals surface area contributed by atoms with Gasteiger partial charge in [-0.1, -0.05) is 43.7 Å². The van der Waals surface area contributed by atoms with Crippen LogP contribution in [0, 0.1) is 0 Å². The lowest BCUT2D eigenvalue weighted by Gasteiger charge is -2.45. The van der Waals surface area contributed by atoms with Crippen LogP contribution in [0.5, 0.6) is 0 Å². The topological polar surface area (TPSA) is 6.48 Å². The average Bonchev–Trinajstić information content (AvgIpc) is 2.60. The van der Waals surface area contributed by atoms with Gasteiger partial charge >= 0.3 is 0 Å². The summed E-state index contributed by atoms with van der Waals surface area (Å²) in [4.78, 5) is 5.36. The van der Waals surface area contributed by atoms with Gasteiger partial charge in [-0.2, -0.15) is 0 Å². The Morgan fingerprint density at radius 2 is 1.54 bits per heavy atom. The third-order valence-electron chi connectivity index (χ3n) is 6.01. The number of benzene rings is 1. The van der Waals surface area contributed by atoms with Crippen LogP contribution in [0.25, 0.3) is 0 Å². The van der Waals surface area contributed by atoms with Crippen molar-refractivity contribution in [3.63, 3.8) is 0 Å². The van der Waals surface area contributed by atoms with Crippen LogP contribution in [-0.4, -0.2) is 40.5 Å². The van der Waals surface area contributed by atoms with E-state index < -0.39 is 0 Å². The van der Waals surface area contributed by atoms with Crippen LogP contribution in [-0.2, 0) is 6.54 Å². The van der Waals surface area contributed by atoms with Gasteiger partial charge in [0.1, 0.15) is 0 Å². The summed E-state index contributed by atoms with van der Waals surface area (Å²) in [7, 11) is 0. The maximum atomic E-state index is 2.72. The van der Waals surface area contributed by atoms with E-state index >= 15 is 0 Å². The monoisotopic (exact) mass is 330 g/mol. The molecule has 1 heterocycles. The van der Waals surface area contributed by atoms with E-state index in [2.05, 4.69) is 74.8 Å². The minimum atomic E-state index is 0.234. The zero-order valence-electron chi connectivity index (χ0n) is 16.6. The van der Waals surface area contributed by atoms with Crippen molar-refractivity contribution in [3.8, 4) is 0 Å². The molecular weight excluding hydrogens is 292 g/mol. The van der Waals surface area contributed by atoms with Crippen LogP contribution in [0.15, 0.2) is 30.3 Å². The first-order chi connectivity index (χ1) is 11.3. The van der Waals surface area contributed by atoms with Crippen LogP contribution in [0.2, 0.25) is 0 Å². The molecule has 0 saturated carbocycles. The maximum Gasteiger partial charge on any atom is 0.0238 e. The fourth-order valence-electron chi connectivity index (χ4n) is 3.98. The van der Waals surface area contributed by atoms with Crippen molar-refractivity contribution in [1.29, 1.82) is 0 Å². The molecule has 0 atom stereocenters. The van der Waals surface area contributed by atoms with E-state index in [1.165, 1.54) is 50.8 Å². The third-order valence-corrected chi connectivity index (χ3v) is 6.01. The second kappa shape index (κ2) is 8.49. The Morgan fingerprint density at radius 1 is 0.917 bits per heavy atom. The summed E-state index contributed by atoms with van der Waals surface area (Å²) in [6.45, 7) is 16.8. The van der Waals surface area contributed by atoms with Crippen LogP contribution in [0.3, 0.4) is 0 Å². The van der Waals surface area contributed by atoms with Gasteiger partial charge in [0, 0.05) is 17.6 Å². The van der Waals surface area contributed by atoms with E-state index in [0.29, 0.717) is 5.54 Å². The number of piperidine rings is 1. The summed E-state index contributed by atoms with van der Waals surface area (Å²) in [6, 6.07) is 10.9. The molecule has 0 bridgehead atoms. The van der Waals surface area contributed by atoms with Gasteiger partial charge in [-0.05, 0) is 78.6 Å². The Labute approximate surface area is 150 Å². The highest BCUT2D eigenvalue weighted by Crippen LogP contribution is 2.30. The highest BCUT2D eigenvalue weighted by Gasteiger charge is 2.32. The molecule has 2 nitrogen and oxygen atoms in total. The smallest absolute Gasteiger partial charge is 0.0238 e. The number of hydrogen-bond donors (Lipinski definition) is 0. The molecule has 1 aromatic carbocycles. The maximum absolute atomic E-state index is 2.72. The van der Waals surface area contributed by atoms with E-state index in [4.69, 9.17) is 0 Å². The zero-order valence-corrected chi connectivity index (χ0v) is 16.6. The molecule has 0 aliphatic carbocycles. The van der Waals surface area contributed by atoms with Gasteiger partial charge in [0.2, 0.25) is 0 Å². The normalized spacial score (nSPS) is 17.4. The number of likely N-dealkylation sites (tertiary alicyclic amines) is 1. The predicted molar refractivity (Wildman–Crippen MR) is 105 cm³/mol. The van der Waals surface area contributed by atoms with Crippen molar-refractivity contribution in [2.24, 2.45) is 0 Å². The average molecular weight is 331 g/mol. The molecular formula is C22H38N2. The first-order valence-electron chi connectivity index (χ1n) is 9.89. The molecule has 24 heavy (non-hydrogen) atoms. The molecule has 1 aliphatic heterocycles. The molecule has 0 aromatic heterocycles. The Hall–Kier alpha value is -0.860. The summed E-state index contributed by atoms with van der Waals surface area (Å²) >= 11 is 0. The van der Waals surface area contributed by atoms with E-state index in [1.807, 2.05) is 0 Å². The van der Waals surface area contributed by atoms with E-state index in [0.717, 1.165) is 13.1 Å². The minimum Gasteiger partial charge on any atom is -0.298 e. The van der Waals surface area contributed by atoms with E-state index in [-0.39, 0.29) is 5.54 Å². The molecule has 1 aromatic rings. The highest BCUT2D eigenvalue weighted by molar-refractivity contribution is 5.14. The Bertz CT molecular complexity index is 472. The second-order valence-corrected chi connectivity index (χ2v) is 8.67. The second-order valence-electron chi connectivity index (χ2n) is 8.67. The van der Waals surface area contributed by atoms with Crippen LogP contribution in [0.1, 0.15) is 72.3 Å². The predicted octanol–water partition coefficient (Wildman–Crippen LogP) is 5.33. The van der Waals surface area contributed by atoms with Gasteiger partial charge < -0.3 is 0 Å². The molecule has 136 valence electrons. The molecule has 0 unspecified atom stereocenters. The fourth-order valence-corrected chi connectivity index (χ4v) is 3.98. The van der Waals surface area contributed by atoms with E-state index in [9.17, 15) is 0 Å². The van der Waals surface area contributed by atoms with Gasteiger partial charge in [-0.25, -0.2) is 0 Å². The van der Waals surface area contributed by atoms with Gasteiger partial charge in [-0.15, -0.1) is 0 Å². The first kappa shape index (κ1) is 19.5. The van der Waals surface area contributed by atoms with Crippen molar-refractivity contribution >= 4 is 0 Å². The molecule has 1 saturated heterocycles. The lowest BCUT2D eigenvalue weighted by molar-refractivity contribution is 0.0528. The highest BCUT2D eigenvalue weighted by atomic mass is 15.2. The summed E-state index contributed by atoms with van der Waals surface area (Å²) in [5, 5.41) is 0. The number of nitrogens with zero attached hydrogens (tertiary/aromatic N) is 2. The van der Waals surface area contributed by atoms with E-state index in [1.54, 1.807) is 0 Å². The zero-order chi connectivity index (χ0) is 17.6. The number of rotatable bonds is 8. The molecule has 2 heteroatoms. The van der Waals surface area contributed by atoms with Crippen molar-refractivity contribution in [2.75, 3.05) is 19.6 Å². The Kier molecular flexibility index (Phi) is 6.88. The molecule has 0 amide bonds. The molecule has 2 rings (SSSR count). The SMILES string of the molecule is CCN(Cc1ccccc1)C(C)(C)CCC(C)(C)N1CCCCC1. The molecule has 0 spiro atoms. The third kappa shape index (κ3) is 5.32. The van der Waals surface area contributed by atoms with Gasteiger partial charge in [-0.3, -0.25) is 9.80 Å². The summed E-state index contributed by atoms with van der Waals surface area (Å²) in [6.07, 6.45) is 6.69. The standard InChI is InChI=1S/C22H38N2/c1-6-23(19-20-13-9-7-10-14-20)21(2,3)15-16-22(4,5)24-17-11-8-12-18-24/h7,9-10,13-14H,6,8,11-12,15-19H2,1-5H3. The van der Waals surface area contributed by atoms with Gasteiger partial charge in [0.25, 0.3) is 0 Å². The molecule has 0 N–H and O–H groups in total. The first-order valence-corrected chi connectivity index (χ1v) is 9.89. The Balaban J connectivity index is 1.94. The lowest BCUT2D eigenvalue weighted by Crippen LogP contribution is -2.49. The minimum absolute atomic E-state index is 0.234. The Morgan fingerprint density at radius 3 is 2.12 bits per heavy atom. The van der Waals surface area contributed by atoms with Crippen molar-refractivity contribution in [3.05, 3.63) is 35.9 Å². The van der Waals surface area contributed by atoms with Crippen LogP contribution in [0.4, 0.5) is 0 Å². The quantitative estimate of drug-likeness (QED) is 0.635. The largest absolute Gasteiger partial charge is 0.298 e. The van der Waals surface area contributed by atoms with Crippen molar-refractivity contribution in [2.45, 2.75) is 84.3 Å². The van der Waals surface area contributed by atoms with Crippen LogP contribution >= 0.6 is 0 Å². The summed E-state index contributed by atoms with van der Waals surface area (Å²) in [5.74, 6) is 0. The molecule has 1 fully saturated rings. The summed E-state index contributed by atoms with van der Waals surface area (Å²) in [5.41, 5.74) is 1.98. The number of hydrogen-bond acceptors (Lipinski definition) is 2. The van der Waals surface area contributed by atoms with Crippen LogP contribution < -0.4 is 0 Å². The van der Waals surface area contributed by atoms with Crippen molar-refractivity contribution < 1.29 is 0 Å². The van der Waals surface area contributed by atoms with Crippen molar-refractivity contribution in [1.82, 2.24) is 9.80 Å². The lowest BCUT2D eigenvalue weighted by atomic mass is 9.86.